The molecule has 3 amide bonds. The lowest BCUT2D eigenvalue weighted by molar-refractivity contribution is -0.119. The molecule has 2 N–H and O–H groups in total. The smallest absolute Gasteiger partial charge is 0.337 e. The lowest BCUT2D eigenvalue weighted by Gasteiger charge is -2.22. The Kier molecular flexibility index (Phi) is 4.06. The third kappa shape index (κ3) is 2.76. The van der Waals surface area contributed by atoms with Gasteiger partial charge in [-0.3, -0.25) is 19.3 Å². The van der Waals surface area contributed by atoms with E-state index in [-0.39, 0.29) is 22.4 Å². The Labute approximate surface area is 142 Å². The Morgan fingerprint density at radius 1 is 0.960 bits per heavy atom. The maximum atomic E-state index is 12.5. The molecule has 0 aliphatic carbocycles. The predicted octanol–water partition coefficient (Wildman–Crippen LogP) is 2.01. The summed E-state index contributed by atoms with van der Waals surface area (Å²) in [6.45, 7) is 1.42. The van der Waals surface area contributed by atoms with E-state index in [9.17, 15) is 19.2 Å². The molecule has 0 spiro atoms. The first-order valence-electron chi connectivity index (χ1n) is 7.52. The number of hydrogen-bond acceptors (Lipinski definition) is 4. The van der Waals surface area contributed by atoms with Crippen LogP contribution in [0.15, 0.2) is 48.5 Å². The Bertz CT molecular complexity index is 871. The minimum Gasteiger partial charge on any atom is -0.478 e. The van der Waals surface area contributed by atoms with Crippen molar-refractivity contribution >= 4 is 29.4 Å². The number of fused-ring (bicyclic) bond motifs is 1. The van der Waals surface area contributed by atoms with Gasteiger partial charge in [0.2, 0.25) is 5.91 Å². The van der Waals surface area contributed by atoms with Crippen molar-refractivity contribution in [3.63, 3.8) is 0 Å². The van der Waals surface area contributed by atoms with Crippen molar-refractivity contribution in [2.75, 3.05) is 5.32 Å². The van der Waals surface area contributed by atoms with E-state index in [4.69, 9.17) is 5.11 Å². The van der Waals surface area contributed by atoms with Crippen LogP contribution in [-0.4, -0.2) is 39.7 Å². The van der Waals surface area contributed by atoms with E-state index in [1.54, 1.807) is 18.2 Å². The minimum atomic E-state index is -1.19. The summed E-state index contributed by atoms with van der Waals surface area (Å²) in [6.07, 6.45) is 0. The number of amides is 3. The Hall–Kier alpha value is -3.48. The molecule has 0 radical (unpaired) electrons. The molecule has 2 aromatic rings. The van der Waals surface area contributed by atoms with Crippen LogP contribution in [0.2, 0.25) is 0 Å². The molecule has 1 atom stereocenters. The highest BCUT2D eigenvalue weighted by atomic mass is 16.4. The fourth-order valence-corrected chi connectivity index (χ4v) is 2.69. The zero-order chi connectivity index (χ0) is 18.1. The minimum absolute atomic E-state index is 0.0783. The first-order valence-corrected chi connectivity index (χ1v) is 7.52. The number of carbonyl (C=O) groups is 4. The van der Waals surface area contributed by atoms with Crippen LogP contribution in [0.4, 0.5) is 5.69 Å². The molecule has 0 aromatic heterocycles. The maximum absolute atomic E-state index is 12.5. The fraction of sp³-hybridized carbons (Fsp3) is 0.111. The summed E-state index contributed by atoms with van der Waals surface area (Å²) in [5.41, 5.74) is 0.519. The zero-order valence-electron chi connectivity index (χ0n) is 13.2. The largest absolute Gasteiger partial charge is 0.478 e. The van der Waals surface area contributed by atoms with E-state index < -0.39 is 29.7 Å². The standard InChI is InChI=1S/C18H14N2O5/c1-10(15(21)19-14-9-5-4-8-13(14)18(24)25)20-16(22)11-6-2-3-7-12(11)17(20)23/h2-10H,1H3,(H,19,21)(H,24,25). The molecular formula is C18H14N2O5. The topological polar surface area (TPSA) is 104 Å². The molecular weight excluding hydrogens is 324 g/mol. The Morgan fingerprint density at radius 2 is 1.48 bits per heavy atom. The van der Waals surface area contributed by atoms with Gasteiger partial charge in [-0.05, 0) is 31.2 Å². The van der Waals surface area contributed by atoms with E-state index in [0.29, 0.717) is 0 Å². The normalized spacial score (nSPS) is 14.2. The highest BCUT2D eigenvalue weighted by Crippen LogP contribution is 2.25. The lowest BCUT2D eigenvalue weighted by atomic mass is 10.1. The van der Waals surface area contributed by atoms with Crippen molar-refractivity contribution < 1.29 is 24.3 Å². The number of imide groups is 1. The van der Waals surface area contributed by atoms with E-state index in [1.807, 2.05) is 0 Å². The average molecular weight is 338 g/mol. The summed E-state index contributed by atoms with van der Waals surface area (Å²) < 4.78 is 0. The van der Waals surface area contributed by atoms with Crippen LogP contribution in [0, 0.1) is 0 Å². The van der Waals surface area contributed by atoms with Crippen LogP contribution >= 0.6 is 0 Å². The molecule has 1 unspecified atom stereocenters. The maximum Gasteiger partial charge on any atom is 0.337 e. The number of hydrogen-bond donors (Lipinski definition) is 2. The van der Waals surface area contributed by atoms with Crippen LogP contribution in [0.25, 0.3) is 0 Å². The van der Waals surface area contributed by atoms with Gasteiger partial charge in [0, 0.05) is 0 Å². The molecule has 0 bridgehead atoms. The lowest BCUT2D eigenvalue weighted by Crippen LogP contribution is -2.45. The summed E-state index contributed by atoms with van der Waals surface area (Å²) in [6, 6.07) is 11.2. The number of nitrogens with one attached hydrogen (secondary N) is 1. The van der Waals surface area contributed by atoms with E-state index in [1.165, 1.54) is 37.3 Å². The number of anilines is 1. The summed E-state index contributed by atoms with van der Waals surface area (Å²) in [5, 5.41) is 11.6. The van der Waals surface area contributed by atoms with Gasteiger partial charge in [0.25, 0.3) is 11.8 Å². The van der Waals surface area contributed by atoms with Crippen LogP contribution in [0.5, 0.6) is 0 Å². The van der Waals surface area contributed by atoms with Gasteiger partial charge in [-0.15, -0.1) is 0 Å². The van der Waals surface area contributed by atoms with Crippen LogP contribution in [0.1, 0.15) is 38.0 Å². The van der Waals surface area contributed by atoms with Crippen molar-refractivity contribution in [1.29, 1.82) is 0 Å². The number of benzene rings is 2. The number of carboxylic acid groups (broad SMARTS) is 1. The third-order valence-corrected chi connectivity index (χ3v) is 4.01. The summed E-state index contributed by atoms with van der Waals surface area (Å²) >= 11 is 0. The molecule has 1 aliphatic rings. The fourth-order valence-electron chi connectivity index (χ4n) is 2.69. The molecule has 2 aromatic carbocycles. The monoisotopic (exact) mass is 338 g/mol. The Balaban J connectivity index is 1.84. The van der Waals surface area contributed by atoms with Gasteiger partial charge in [-0.2, -0.15) is 0 Å². The van der Waals surface area contributed by atoms with Gasteiger partial charge >= 0.3 is 5.97 Å². The molecule has 0 fully saturated rings. The van der Waals surface area contributed by atoms with Gasteiger partial charge in [0.1, 0.15) is 6.04 Å². The summed E-state index contributed by atoms with van der Waals surface area (Å²) in [5.74, 6) is -2.93. The Morgan fingerprint density at radius 3 is 2.04 bits per heavy atom. The average Bonchev–Trinajstić information content (AvgIpc) is 2.86. The number of aromatic carboxylic acids is 1. The molecule has 1 heterocycles. The molecule has 25 heavy (non-hydrogen) atoms. The highest BCUT2D eigenvalue weighted by molar-refractivity contribution is 6.23. The van der Waals surface area contributed by atoms with Crippen molar-refractivity contribution in [3.05, 3.63) is 65.2 Å². The van der Waals surface area contributed by atoms with Gasteiger partial charge in [-0.25, -0.2) is 4.79 Å². The van der Waals surface area contributed by atoms with Crippen LogP contribution in [0.3, 0.4) is 0 Å². The molecule has 0 saturated heterocycles. The van der Waals surface area contributed by atoms with Gasteiger partial charge in [0.15, 0.2) is 0 Å². The number of para-hydroxylation sites is 1. The van der Waals surface area contributed by atoms with E-state index in [2.05, 4.69) is 5.32 Å². The molecule has 126 valence electrons. The quantitative estimate of drug-likeness (QED) is 0.830. The number of rotatable bonds is 4. The van der Waals surface area contributed by atoms with Crippen molar-refractivity contribution in [3.8, 4) is 0 Å². The highest BCUT2D eigenvalue weighted by Gasteiger charge is 2.40. The number of carboxylic acids is 1. The molecule has 1 aliphatic heterocycles. The first-order chi connectivity index (χ1) is 11.9. The van der Waals surface area contributed by atoms with Crippen molar-refractivity contribution in [1.82, 2.24) is 4.90 Å². The number of carbonyl (C=O) groups excluding carboxylic acids is 3. The van der Waals surface area contributed by atoms with Crippen LogP contribution < -0.4 is 5.32 Å². The van der Waals surface area contributed by atoms with Crippen LogP contribution in [-0.2, 0) is 4.79 Å². The second kappa shape index (κ2) is 6.20. The zero-order valence-corrected chi connectivity index (χ0v) is 13.2. The van der Waals surface area contributed by atoms with Crippen molar-refractivity contribution in [2.24, 2.45) is 0 Å². The van der Waals surface area contributed by atoms with Crippen molar-refractivity contribution in [2.45, 2.75) is 13.0 Å². The predicted molar refractivity (Wildman–Crippen MR) is 88.4 cm³/mol. The molecule has 7 heteroatoms. The van der Waals surface area contributed by atoms with Gasteiger partial charge < -0.3 is 10.4 Å². The SMILES string of the molecule is CC(C(=O)Nc1ccccc1C(=O)O)N1C(=O)c2ccccc2C1=O. The second-order valence-electron chi connectivity index (χ2n) is 5.54. The van der Waals surface area contributed by atoms with Gasteiger partial charge in [0.05, 0.1) is 22.4 Å². The number of nitrogens with zero attached hydrogens (tertiary/aromatic N) is 1. The third-order valence-electron chi connectivity index (χ3n) is 4.01. The first kappa shape index (κ1) is 16.4. The van der Waals surface area contributed by atoms with Gasteiger partial charge in [-0.1, -0.05) is 24.3 Å². The molecule has 0 saturated carbocycles. The second-order valence-corrected chi connectivity index (χ2v) is 5.54. The molecule has 3 rings (SSSR count). The van der Waals surface area contributed by atoms with E-state index >= 15 is 0 Å². The molecule has 7 nitrogen and oxygen atoms in total. The van der Waals surface area contributed by atoms with E-state index in [0.717, 1.165) is 4.90 Å². The summed E-state index contributed by atoms with van der Waals surface area (Å²) in [7, 11) is 0. The summed E-state index contributed by atoms with van der Waals surface area (Å²) in [4.78, 5) is 49.4.